The Balaban J connectivity index is 2.70. The Bertz CT molecular complexity index is 417. The van der Waals surface area contributed by atoms with Crippen LogP contribution in [0, 0.1) is 0 Å². The summed E-state index contributed by atoms with van der Waals surface area (Å²) in [5.74, 6) is -0.278. The lowest BCUT2D eigenvalue weighted by Gasteiger charge is -2.15. The number of amides is 2. The third kappa shape index (κ3) is 4.06. The molecule has 2 amide bonds. The molecule has 6 heteroatoms. The summed E-state index contributed by atoms with van der Waals surface area (Å²) < 4.78 is 5.03. The lowest BCUT2D eigenvalue weighted by Crippen LogP contribution is -2.47. The molecule has 1 aromatic rings. The summed E-state index contributed by atoms with van der Waals surface area (Å²) in [6.45, 7) is -0.174. The molecule has 1 aromatic carbocycles. The van der Waals surface area contributed by atoms with Crippen LogP contribution in [0.2, 0.25) is 0 Å². The fourth-order valence-electron chi connectivity index (χ4n) is 1.47. The number of primary amides is 1. The molecule has 0 saturated carbocycles. The summed E-state index contributed by atoms with van der Waals surface area (Å²) in [7, 11) is 1.57. The molecule has 1 unspecified atom stereocenters. The van der Waals surface area contributed by atoms with Crippen molar-refractivity contribution in [3.05, 3.63) is 29.8 Å². The molecule has 0 aliphatic carbocycles. The van der Waals surface area contributed by atoms with E-state index < -0.39 is 17.9 Å². The Morgan fingerprint density at radius 3 is 2.39 bits per heavy atom. The zero-order valence-corrected chi connectivity index (χ0v) is 10.2. The van der Waals surface area contributed by atoms with Gasteiger partial charge in [-0.2, -0.15) is 0 Å². The first-order chi connectivity index (χ1) is 8.56. The van der Waals surface area contributed by atoms with Crippen molar-refractivity contribution >= 4 is 11.8 Å². The molecule has 98 valence electrons. The smallest absolute Gasteiger partial charge is 0.240 e. The van der Waals surface area contributed by atoms with Crippen molar-refractivity contribution in [3.8, 4) is 5.75 Å². The maximum Gasteiger partial charge on any atom is 0.240 e. The number of hydrogen-bond acceptors (Lipinski definition) is 4. The summed E-state index contributed by atoms with van der Waals surface area (Å²) >= 11 is 0. The molecule has 6 nitrogen and oxygen atoms in total. The van der Waals surface area contributed by atoms with Crippen LogP contribution in [0.5, 0.6) is 5.75 Å². The minimum Gasteiger partial charge on any atom is -0.497 e. The summed E-state index contributed by atoms with van der Waals surface area (Å²) in [4.78, 5) is 22.4. The average molecular weight is 251 g/mol. The Kier molecular flexibility index (Phi) is 5.13. The van der Waals surface area contributed by atoms with Gasteiger partial charge in [-0.1, -0.05) is 12.1 Å². The zero-order chi connectivity index (χ0) is 13.5. The average Bonchev–Trinajstić information content (AvgIpc) is 2.38. The molecule has 0 bridgehead atoms. The van der Waals surface area contributed by atoms with Crippen molar-refractivity contribution in [1.82, 2.24) is 5.32 Å². The molecule has 0 spiro atoms. The third-order valence-corrected chi connectivity index (χ3v) is 2.46. The second kappa shape index (κ2) is 6.61. The van der Waals surface area contributed by atoms with Gasteiger partial charge in [-0.05, 0) is 17.7 Å². The van der Waals surface area contributed by atoms with Crippen LogP contribution >= 0.6 is 0 Å². The number of rotatable bonds is 6. The van der Waals surface area contributed by atoms with Crippen LogP contribution in [0.1, 0.15) is 5.56 Å². The van der Waals surface area contributed by atoms with E-state index in [-0.39, 0.29) is 6.54 Å². The molecule has 0 radical (unpaired) electrons. The number of nitrogens with two attached hydrogens (primary N) is 2. The summed E-state index contributed by atoms with van der Waals surface area (Å²) in [5.41, 5.74) is 11.3. The van der Waals surface area contributed by atoms with Gasteiger partial charge in [-0.15, -0.1) is 0 Å². The molecule has 0 heterocycles. The molecule has 18 heavy (non-hydrogen) atoms. The predicted octanol–water partition coefficient (Wildman–Crippen LogP) is -0.833. The van der Waals surface area contributed by atoms with E-state index in [0.29, 0.717) is 6.42 Å². The minimum atomic E-state index is -0.755. The van der Waals surface area contributed by atoms with Gasteiger partial charge in [-0.3, -0.25) is 9.59 Å². The highest BCUT2D eigenvalue weighted by atomic mass is 16.5. The monoisotopic (exact) mass is 251 g/mol. The van der Waals surface area contributed by atoms with E-state index >= 15 is 0 Å². The van der Waals surface area contributed by atoms with Crippen molar-refractivity contribution in [2.75, 3.05) is 13.7 Å². The van der Waals surface area contributed by atoms with Crippen LogP contribution in [0.4, 0.5) is 0 Å². The van der Waals surface area contributed by atoms with Gasteiger partial charge >= 0.3 is 0 Å². The molecule has 0 aliphatic heterocycles. The highest BCUT2D eigenvalue weighted by molar-refractivity contribution is 5.87. The van der Waals surface area contributed by atoms with Crippen LogP contribution in [-0.4, -0.2) is 31.5 Å². The van der Waals surface area contributed by atoms with Gasteiger partial charge in [-0.25, -0.2) is 0 Å². The number of nitrogens with one attached hydrogen (secondary N) is 1. The highest BCUT2D eigenvalue weighted by Gasteiger charge is 2.17. The van der Waals surface area contributed by atoms with Gasteiger partial charge in [0.2, 0.25) is 11.8 Å². The number of methoxy groups -OCH3 is 1. The van der Waals surface area contributed by atoms with Crippen molar-refractivity contribution < 1.29 is 14.3 Å². The summed E-state index contributed by atoms with van der Waals surface area (Å²) in [6.07, 6.45) is 0.324. The fourth-order valence-corrected chi connectivity index (χ4v) is 1.47. The van der Waals surface area contributed by atoms with E-state index in [2.05, 4.69) is 5.32 Å². The van der Waals surface area contributed by atoms with Crippen molar-refractivity contribution in [2.24, 2.45) is 11.5 Å². The number of carbonyl (C=O) groups is 2. The second-order valence-electron chi connectivity index (χ2n) is 3.78. The van der Waals surface area contributed by atoms with E-state index in [1.54, 1.807) is 19.2 Å². The maximum atomic E-state index is 11.2. The van der Waals surface area contributed by atoms with Gasteiger partial charge in [0.05, 0.1) is 13.7 Å². The van der Waals surface area contributed by atoms with Gasteiger partial charge < -0.3 is 21.5 Å². The number of carbonyl (C=O) groups excluding carboxylic acids is 2. The largest absolute Gasteiger partial charge is 0.497 e. The Labute approximate surface area is 105 Å². The first kappa shape index (κ1) is 14.0. The van der Waals surface area contributed by atoms with Crippen LogP contribution < -0.4 is 21.5 Å². The summed E-state index contributed by atoms with van der Waals surface area (Å²) in [5, 5.41) is 2.47. The second-order valence-corrected chi connectivity index (χ2v) is 3.78. The zero-order valence-electron chi connectivity index (χ0n) is 10.2. The van der Waals surface area contributed by atoms with Gasteiger partial charge in [0.1, 0.15) is 11.8 Å². The molecule has 5 N–H and O–H groups in total. The molecule has 0 aliphatic rings. The van der Waals surface area contributed by atoms with Crippen molar-refractivity contribution in [2.45, 2.75) is 12.5 Å². The van der Waals surface area contributed by atoms with Crippen LogP contribution in [-0.2, 0) is 16.0 Å². The highest BCUT2D eigenvalue weighted by Crippen LogP contribution is 2.12. The minimum absolute atomic E-state index is 0.174. The van der Waals surface area contributed by atoms with E-state index in [0.717, 1.165) is 11.3 Å². The topological polar surface area (TPSA) is 107 Å². The van der Waals surface area contributed by atoms with Crippen molar-refractivity contribution in [1.29, 1.82) is 0 Å². The molecule has 1 rings (SSSR count). The normalized spacial score (nSPS) is 11.7. The quantitative estimate of drug-likeness (QED) is 0.613. The molecular formula is C12H17N3O3. The van der Waals surface area contributed by atoms with Crippen LogP contribution in [0.15, 0.2) is 24.3 Å². The van der Waals surface area contributed by atoms with E-state index in [1.807, 2.05) is 12.1 Å². The molecule has 0 fully saturated rings. The number of hydrogen-bond donors (Lipinski definition) is 3. The van der Waals surface area contributed by atoms with Gasteiger partial charge in [0.25, 0.3) is 0 Å². The SMILES string of the molecule is COc1ccc(CC(NC(=O)CN)C(N)=O)cc1. The Morgan fingerprint density at radius 1 is 1.33 bits per heavy atom. The van der Waals surface area contributed by atoms with Crippen LogP contribution in [0.3, 0.4) is 0 Å². The molecule has 0 aromatic heterocycles. The summed E-state index contributed by atoms with van der Waals surface area (Å²) in [6, 6.07) is 6.41. The first-order valence-electron chi connectivity index (χ1n) is 5.48. The number of ether oxygens (including phenoxy) is 1. The van der Waals surface area contributed by atoms with Crippen molar-refractivity contribution in [3.63, 3.8) is 0 Å². The van der Waals surface area contributed by atoms with Gasteiger partial charge in [0, 0.05) is 6.42 Å². The Hall–Kier alpha value is -2.08. The molecule has 0 saturated heterocycles. The lowest BCUT2D eigenvalue weighted by atomic mass is 10.1. The van der Waals surface area contributed by atoms with Crippen LogP contribution in [0.25, 0.3) is 0 Å². The predicted molar refractivity (Wildman–Crippen MR) is 66.9 cm³/mol. The fraction of sp³-hybridized carbons (Fsp3) is 0.333. The van der Waals surface area contributed by atoms with E-state index in [1.165, 1.54) is 0 Å². The number of benzene rings is 1. The first-order valence-corrected chi connectivity index (χ1v) is 5.48. The standard InChI is InChI=1S/C12H17N3O3/c1-18-9-4-2-8(3-5-9)6-10(12(14)17)15-11(16)7-13/h2-5,10H,6-7,13H2,1H3,(H2,14,17)(H,15,16). The van der Waals surface area contributed by atoms with Gasteiger partial charge in [0.15, 0.2) is 0 Å². The third-order valence-electron chi connectivity index (χ3n) is 2.46. The van der Waals surface area contributed by atoms with E-state index in [9.17, 15) is 9.59 Å². The molecule has 1 atom stereocenters. The lowest BCUT2D eigenvalue weighted by molar-refractivity contribution is -0.126. The van der Waals surface area contributed by atoms with E-state index in [4.69, 9.17) is 16.2 Å². The Morgan fingerprint density at radius 2 is 1.94 bits per heavy atom. The molecular weight excluding hydrogens is 234 g/mol. The maximum absolute atomic E-state index is 11.2.